The molecule has 142 valence electrons. The quantitative estimate of drug-likeness (QED) is 0.867. The van der Waals surface area contributed by atoms with Gasteiger partial charge >= 0.3 is 0 Å². The van der Waals surface area contributed by atoms with E-state index in [9.17, 15) is 14.0 Å². The molecule has 2 fully saturated rings. The SMILES string of the molecule is CC(=O)N1CCCN(Cc2ccncc2F)CCNC(=O)[C@@H]2CCC[C@@H]21. The van der Waals surface area contributed by atoms with Crippen molar-refractivity contribution >= 4 is 11.8 Å². The maximum absolute atomic E-state index is 13.9. The minimum Gasteiger partial charge on any atom is -0.355 e. The Morgan fingerprint density at radius 3 is 2.92 bits per heavy atom. The lowest BCUT2D eigenvalue weighted by molar-refractivity contribution is -0.134. The van der Waals surface area contributed by atoms with E-state index in [2.05, 4.69) is 15.2 Å². The lowest BCUT2D eigenvalue weighted by atomic mass is 10.0. The van der Waals surface area contributed by atoms with Gasteiger partial charge in [-0.05, 0) is 25.3 Å². The lowest BCUT2D eigenvalue weighted by Gasteiger charge is -2.32. The van der Waals surface area contributed by atoms with Crippen LogP contribution in [0, 0.1) is 11.7 Å². The van der Waals surface area contributed by atoms with Crippen molar-refractivity contribution < 1.29 is 14.0 Å². The summed E-state index contributed by atoms with van der Waals surface area (Å²) in [5, 5.41) is 3.02. The Hall–Kier alpha value is -2.02. The summed E-state index contributed by atoms with van der Waals surface area (Å²) in [5.41, 5.74) is 0.599. The molecule has 1 aliphatic heterocycles. The highest BCUT2D eigenvalue weighted by Gasteiger charge is 2.37. The summed E-state index contributed by atoms with van der Waals surface area (Å²) in [6.45, 7) is 4.63. The van der Waals surface area contributed by atoms with Gasteiger partial charge in [-0.3, -0.25) is 19.5 Å². The van der Waals surface area contributed by atoms with Crippen LogP contribution in [0.1, 0.15) is 38.2 Å². The highest BCUT2D eigenvalue weighted by molar-refractivity contribution is 5.81. The van der Waals surface area contributed by atoms with E-state index < -0.39 is 0 Å². The summed E-state index contributed by atoms with van der Waals surface area (Å²) < 4.78 is 13.9. The fourth-order valence-electron chi connectivity index (χ4n) is 4.15. The van der Waals surface area contributed by atoms with Crippen LogP contribution in [0.2, 0.25) is 0 Å². The zero-order valence-electron chi connectivity index (χ0n) is 15.3. The molecular formula is C19H27FN4O2. The molecule has 2 amide bonds. The third-order valence-corrected chi connectivity index (χ3v) is 5.47. The van der Waals surface area contributed by atoms with Gasteiger partial charge in [0.05, 0.1) is 12.1 Å². The molecular weight excluding hydrogens is 335 g/mol. The van der Waals surface area contributed by atoms with Crippen LogP contribution < -0.4 is 5.32 Å². The zero-order chi connectivity index (χ0) is 18.5. The van der Waals surface area contributed by atoms with E-state index in [1.54, 1.807) is 19.2 Å². The molecule has 0 unspecified atom stereocenters. The highest BCUT2D eigenvalue weighted by atomic mass is 19.1. The number of pyridine rings is 1. The molecule has 3 rings (SSSR count). The molecule has 1 aromatic heterocycles. The third-order valence-electron chi connectivity index (χ3n) is 5.47. The average Bonchev–Trinajstić information content (AvgIpc) is 3.08. The molecule has 1 aliphatic carbocycles. The average molecular weight is 362 g/mol. The number of nitrogens with one attached hydrogen (secondary N) is 1. The summed E-state index contributed by atoms with van der Waals surface area (Å²) in [6, 6.07) is 1.70. The number of hydrogen-bond acceptors (Lipinski definition) is 4. The van der Waals surface area contributed by atoms with Crippen molar-refractivity contribution in [3.63, 3.8) is 0 Å². The fourth-order valence-corrected chi connectivity index (χ4v) is 4.15. The van der Waals surface area contributed by atoms with E-state index in [0.717, 1.165) is 32.2 Å². The van der Waals surface area contributed by atoms with Gasteiger partial charge in [0.1, 0.15) is 5.82 Å². The third kappa shape index (κ3) is 4.38. The number of carbonyl (C=O) groups excluding carboxylic acids is 2. The molecule has 0 spiro atoms. The maximum Gasteiger partial charge on any atom is 0.225 e. The standard InChI is InChI=1S/C19H27FN4O2/c1-14(25)24-10-3-9-23(13-15-6-7-21-12-17(15)20)11-8-22-19(26)16-4-2-5-18(16)24/h6-7,12,16,18H,2-5,8-11,13H2,1H3,(H,22,26)/t16-,18+/m1/s1. The Balaban J connectivity index is 1.71. The molecule has 2 heterocycles. The predicted molar refractivity (Wildman–Crippen MR) is 95.6 cm³/mol. The van der Waals surface area contributed by atoms with Gasteiger partial charge in [-0.2, -0.15) is 0 Å². The molecule has 2 atom stereocenters. The minimum atomic E-state index is -0.314. The van der Waals surface area contributed by atoms with Gasteiger partial charge < -0.3 is 10.2 Å². The second kappa shape index (κ2) is 8.58. The summed E-state index contributed by atoms with van der Waals surface area (Å²) in [7, 11) is 0. The topological polar surface area (TPSA) is 65.5 Å². The van der Waals surface area contributed by atoms with Gasteiger partial charge in [-0.15, -0.1) is 0 Å². The van der Waals surface area contributed by atoms with Crippen LogP contribution in [-0.2, 0) is 16.1 Å². The Kier molecular flexibility index (Phi) is 6.19. The van der Waals surface area contributed by atoms with Crippen LogP contribution in [-0.4, -0.2) is 58.8 Å². The Morgan fingerprint density at radius 2 is 2.15 bits per heavy atom. The van der Waals surface area contributed by atoms with Gasteiger partial charge in [0.2, 0.25) is 11.8 Å². The Labute approximate surface area is 153 Å². The molecule has 2 aliphatic rings. The number of fused-ring (bicyclic) bond motifs is 1. The lowest BCUT2D eigenvalue weighted by Crippen LogP contribution is -2.46. The summed E-state index contributed by atoms with van der Waals surface area (Å²) in [6.07, 6.45) is 6.34. The molecule has 26 heavy (non-hydrogen) atoms. The van der Waals surface area contributed by atoms with Crippen LogP contribution in [0.25, 0.3) is 0 Å². The number of halogens is 1. The minimum absolute atomic E-state index is 0.0108. The fraction of sp³-hybridized carbons (Fsp3) is 0.632. The molecule has 0 aromatic carbocycles. The van der Waals surface area contributed by atoms with Crippen molar-refractivity contribution in [1.82, 2.24) is 20.1 Å². The summed E-state index contributed by atoms with van der Waals surface area (Å²) in [5.74, 6) is -0.356. The number of aromatic nitrogens is 1. The Morgan fingerprint density at radius 1 is 1.31 bits per heavy atom. The van der Waals surface area contributed by atoms with Gasteiger partial charge in [0, 0.05) is 57.4 Å². The second-order valence-electron chi connectivity index (χ2n) is 7.20. The maximum atomic E-state index is 13.9. The Bertz CT molecular complexity index is 654. The van der Waals surface area contributed by atoms with Crippen LogP contribution in [0.5, 0.6) is 0 Å². The molecule has 6 nitrogen and oxygen atoms in total. The molecule has 1 N–H and O–H groups in total. The van der Waals surface area contributed by atoms with Crippen molar-refractivity contribution in [3.05, 3.63) is 29.8 Å². The van der Waals surface area contributed by atoms with Crippen molar-refractivity contribution in [3.8, 4) is 0 Å². The zero-order valence-corrected chi connectivity index (χ0v) is 15.3. The first-order valence-corrected chi connectivity index (χ1v) is 9.42. The monoisotopic (exact) mass is 362 g/mol. The van der Waals surface area contributed by atoms with E-state index in [-0.39, 0.29) is 29.6 Å². The van der Waals surface area contributed by atoms with Crippen LogP contribution in [0.15, 0.2) is 18.5 Å². The molecule has 1 aromatic rings. The summed E-state index contributed by atoms with van der Waals surface area (Å²) >= 11 is 0. The molecule has 7 heteroatoms. The molecule has 1 saturated heterocycles. The summed E-state index contributed by atoms with van der Waals surface area (Å²) in [4.78, 5) is 32.5. The van der Waals surface area contributed by atoms with Crippen molar-refractivity contribution in [2.24, 2.45) is 5.92 Å². The highest BCUT2D eigenvalue weighted by Crippen LogP contribution is 2.30. The molecule has 1 saturated carbocycles. The molecule has 0 radical (unpaired) electrons. The van der Waals surface area contributed by atoms with E-state index in [4.69, 9.17) is 0 Å². The van der Waals surface area contributed by atoms with Crippen molar-refractivity contribution in [1.29, 1.82) is 0 Å². The number of hydrogen-bond donors (Lipinski definition) is 1. The van der Waals surface area contributed by atoms with Gasteiger partial charge in [-0.25, -0.2) is 4.39 Å². The number of carbonyl (C=O) groups is 2. The van der Waals surface area contributed by atoms with E-state index >= 15 is 0 Å². The first-order chi connectivity index (χ1) is 12.6. The van der Waals surface area contributed by atoms with E-state index in [0.29, 0.717) is 31.7 Å². The number of nitrogens with zero attached hydrogens (tertiary/aromatic N) is 3. The normalized spacial score (nSPS) is 25.3. The van der Waals surface area contributed by atoms with Crippen molar-refractivity contribution in [2.75, 3.05) is 26.2 Å². The predicted octanol–water partition coefficient (Wildman–Crippen LogP) is 1.56. The van der Waals surface area contributed by atoms with Crippen LogP contribution >= 0.6 is 0 Å². The van der Waals surface area contributed by atoms with Crippen LogP contribution in [0.3, 0.4) is 0 Å². The van der Waals surface area contributed by atoms with Crippen LogP contribution in [0.4, 0.5) is 4.39 Å². The van der Waals surface area contributed by atoms with E-state index in [1.807, 2.05) is 4.90 Å². The first-order valence-electron chi connectivity index (χ1n) is 9.42. The van der Waals surface area contributed by atoms with Gasteiger partial charge in [0.15, 0.2) is 0 Å². The first kappa shape index (κ1) is 18.8. The number of amides is 2. The van der Waals surface area contributed by atoms with Gasteiger partial charge in [0.25, 0.3) is 0 Å². The second-order valence-corrected chi connectivity index (χ2v) is 7.20. The molecule has 0 bridgehead atoms. The number of rotatable bonds is 2. The smallest absolute Gasteiger partial charge is 0.225 e. The van der Waals surface area contributed by atoms with E-state index in [1.165, 1.54) is 6.20 Å². The largest absolute Gasteiger partial charge is 0.355 e. The van der Waals surface area contributed by atoms with Crippen molar-refractivity contribution in [2.45, 2.75) is 45.2 Å². The van der Waals surface area contributed by atoms with Gasteiger partial charge in [-0.1, -0.05) is 6.42 Å².